The summed E-state index contributed by atoms with van der Waals surface area (Å²) in [5.41, 5.74) is 6.62. The van der Waals surface area contributed by atoms with Crippen LogP contribution in [0.25, 0.3) is 0 Å². The van der Waals surface area contributed by atoms with Crippen molar-refractivity contribution in [3.8, 4) is 0 Å². The van der Waals surface area contributed by atoms with Gasteiger partial charge in [0, 0.05) is 16.1 Å². The molecule has 0 aromatic heterocycles. The van der Waals surface area contributed by atoms with Gasteiger partial charge in [0.25, 0.3) is 0 Å². The lowest BCUT2D eigenvalue weighted by Gasteiger charge is -2.08. The summed E-state index contributed by atoms with van der Waals surface area (Å²) < 4.78 is 0. The molecule has 0 radical (unpaired) electrons. The molecule has 1 aliphatic rings. The molecule has 2 rings (SSSR count). The van der Waals surface area contributed by atoms with Crippen molar-refractivity contribution >= 4 is 17.4 Å². The summed E-state index contributed by atoms with van der Waals surface area (Å²) in [5.74, 6) is -0.343. The molecule has 0 spiro atoms. The van der Waals surface area contributed by atoms with Crippen molar-refractivity contribution in [2.24, 2.45) is 5.73 Å². The van der Waals surface area contributed by atoms with E-state index in [2.05, 4.69) is 0 Å². The molecule has 13 heavy (non-hydrogen) atoms. The van der Waals surface area contributed by atoms with Gasteiger partial charge in [0.2, 0.25) is 0 Å². The van der Waals surface area contributed by atoms with Gasteiger partial charge < -0.3 is 10.8 Å². The van der Waals surface area contributed by atoms with Crippen LogP contribution in [0.1, 0.15) is 22.0 Å². The molecule has 1 aromatic carbocycles. The summed E-state index contributed by atoms with van der Waals surface area (Å²) in [6, 6.07) is 4.27. The first-order chi connectivity index (χ1) is 6.13. The van der Waals surface area contributed by atoms with Gasteiger partial charge in [0.05, 0.1) is 6.04 Å². The number of hydrogen-bond donors (Lipinski definition) is 2. The summed E-state index contributed by atoms with van der Waals surface area (Å²) in [6.07, 6.45) is -1.14. The number of ketones is 1. The van der Waals surface area contributed by atoms with E-state index >= 15 is 0 Å². The third kappa shape index (κ3) is 1.09. The number of carbonyl (C=O) groups excluding carboxylic acids is 1. The van der Waals surface area contributed by atoms with E-state index in [4.69, 9.17) is 17.3 Å². The average molecular weight is 198 g/mol. The maximum absolute atomic E-state index is 11.4. The Kier molecular flexibility index (Phi) is 1.87. The highest BCUT2D eigenvalue weighted by Crippen LogP contribution is 2.34. The number of benzene rings is 1. The van der Waals surface area contributed by atoms with Crippen LogP contribution < -0.4 is 5.73 Å². The van der Waals surface area contributed by atoms with Gasteiger partial charge in [-0.1, -0.05) is 23.7 Å². The van der Waals surface area contributed by atoms with Crippen molar-refractivity contribution < 1.29 is 9.90 Å². The van der Waals surface area contributed by atoms with Gasteiger partial charge in [-0.2, -0.15) is 0 Å². The number of rotatable bonds is 0. The molecule has 1 aliphatic carbocycles. The number of halogens is 1. The number of Topliss-reactive ketones (excluding diaryl/α,β-unsaturated/α-hetero) is 1. The molecular formula is C9H8ClNO2. The van der Waals surface area contributed by atoms with Crippen LogP contribution in [0.15, 0.2) is 18.2 Å². The monoisotopic (exact) mass is 197 g/mol. The normalized spacial score (nSPS) is 26.2. The minimum atomic E-state index is -1.14. The molecule has 0 fully saturated rings. The Morgan fingerprint density at radius 3 is 2.77 bits per heavy atom. The molecule has 0 heterocycles. The van der Waals surface area contributed by atoms with Gasteiger partial charge >= 0.3 is 0 Å². The predicted molar refractivity (Wildman–Crippen MR) is 48.7 cm³/mol. The first kappa shape index (κ1) is 8.69. The van der Waals surface area contributed by atoms with E-state index in [1.54, 1.807) is 18.2 Å². The maximum atomic E-state index is 11.4. The van der Waals surface area contributed by atoms with E-state index in [-0.39, 0.29) is 5.78 Å². The molecule has 0 amide bonds. The summed E-state index contributed by atoms with van der Waals surface area (Å²) in [7, 11) is 0. The second-order valence-corrected chi connectivity index (χ2v) is 3.44. The molecule has 0 saturated carbocycles. The van der Waals surface area contributed by atoms with Crippen LogP contribution in [0.5, 0.6) is 0 Å². The maximum Gasteiger partial charge on any atom is 0.193 e. The molecule has 0 saturated heterocycles. The molecule has 2 atom stereocenters. The largest absolute Gasteiger partial charge is 0.383 e. The number of carbonyl (C=O) groups is 1. The SMILES string of the molecule is NC1c2c(Cl)cccc2C(=O)C1O. The number of fused-ring (bicyclic) bond motifs is 1. The van der Waals surface area contributed by atoms with Crippen LogP contribution in [0.2, 0.25) is 5.02 Å². The van der Waals surface area contributed by atoms with Gasteiger partial charge in [-0.15, -0.1) is 0 Å². The van der Waals surface area contributed by atoms with E-state index in [0.29, 0.717) is 16.1 Å². The van der Waals surface area contributed by atoms with Gasteiger partial charge in [-0.25, -0.2) is 0 Å². The minimum absolute atomic E-state index is 0.343. The van der Waals surface area contributed by atoms with Crippen LogP contribution in [-0.2, 0) is 0 Å². The lowest BCUT2D eigenvalue weighted by atomic mass is 10.1. The van der Waals surface area contributed by atoms with Crippen molar-refractivity contribution in [3.63, 3.8) is 0 Å². The Balaban J connectivity index is 2.66. The highest BCUT2D eigenvalue weighted by Gasteiger charge is 2.37. The standard InChI is InChI=1S/C9H8ClNO2/c10-5-3-1-2-4-6(5)7(11)9(13)8(4)12/h1-3,7,9,13H,11H2. The molecule has 2 unspecified atom stereocenters. The third-order valence-electron chi connectivity index (χ3n) is 2.26. The van der Waals surface area contributed by atoms with Crippen LogP contribution in [0.3, 0.4) is 0 Å². The summed E-state index contributed by atoms with van der Waals surface area (Å²) in [6.45, 7) is 0. The number of aliphatic hydroxyl groups is 1. The second kappa shape index (κ2) is 2.80. The van der Waals surface area contributed by atoms with E-state index in [1.807, 2.05) is 0 Å². The van der Waals surface area contributed by atoms with Gasteiger partial charge in [0.15, 0.2) is 5.78 Å². The Morgan fingerprint density at radius 1 is 1.46 bits per heavy atom. The molecule has 1 aromatic rings. The predicted octanol–water partition coefficient (Wildman–Crippen LogP) is 0.897. The van der Waals surface area contributed by atoms with Gasteiger partial charge in [0.1, 0.15) is 6.10 Å². The van der Waals surface area contributed by atoms with Crippen LogP contribution in [0.4, 0.5) is 0 Å². The smallest absolute Gasteiger partial charge is 0.193 e. The van der Waals surface area contributed by atoms with Gasteiger partial charge in [-0.3, -0.25) is 4.79 Å². The fourth-order valence-electron chi connectivity index (χ4n) is 1.57. The molecule has 3 nitrogen and oxygen atoms in total. The van der Waals surface area contributed by atoms with Gasteiger partial charge in [-0.05, 0) is 6.07 Å². The Bertz CT molecular complexity index is 378. The van der Waals surface area contributed by atoms with Crippen molar-refractivity contribution in [1.29, 1.82) is 0 Å². The lowest BCUT2D eigenvalue weighted by molar-refractivity contribution is 0.0736. The topological polar surface area (TPSA) is 63.3 Å². The van der Waals surface area contributed by atoms with E-state index in [0.717, 1.165) is 0 Å². The molecular weight excluding hydrogens is 190 g/mol. The molecule has 0 aliphatic heterocycles. The molecule has 4 heteroatoms. The summed E-state index contributed by atoms with van der Waals surface area (Å²) in [5, 5.41) is 9.82. The summed E-state index contributed by atoms with van der Waals surface area (Å²) in [4.78, 5) is 11.4. The van der Waals surface area contributed by atoms with E-state index in [9.17, 15) is 9.90 Å². The lowest BCUT2D eigenvalue weighted by Crippen LogP contribution is -2.25. The van der Waals surface area contributed by atoms with Crippen LogP contribution in [-0.4, -0.2) is 17.0 Å². The zero-order valence-electron chi connectivity index (χ0n) is 6.70. The quantitative estimate of drug-likeness (QED) is 0.650. The number of aliphatic hydroxyl groups excluding tert-OH is 1. The highest BCUT2D eigenvalue weighted by molar-refractivity contribution is 6.32. The Labute approximate surface area is 80.1 Å². The van der Waals surface area contributed by atoms with Crippen molar-refractivity contribution in [2.75, 3.05) is 0 Å². The third-order valence-corrected chi connectivity index (χ3v) is 2.59. The zero-order chi connectivity index (χ0) is 9.59. The molecule has 68 valence electrons. The van der Waals surface area contributed by atoms with Crippen LogP contribution >= 0.6 is 11.6 Å². The second-order valence-electron chi connectivity index (χ2n) is 3.04. The minimum Gasteiger partial charge on any atom is -0.383 e. The van der Waals surface area contributed by atoms with Crippen molar-refractivity contribution in [3.05, 3.63) is 34.3 Å². The fraction of sp³-hybridized carbons (Fsp3) is 0.222. The highest BCUT2D eigenvalue weighted by atomic mass is 35.5. The fourth-order valence-corrected chi connectivity index (χ4v) is 1.87. The Morgan fingerprint density at radius 2 is 2.15 bits per heavy atom. The van der Waals surface area contributed by atoms with Crippen LogP contribution in [0, 0.1) is 0 Å². The first-order valence-corrected chi connectivity index (χ1v) is 4.27. The number of nitrogens with two attached hydrogens (primary N) is 1. The summed E-state index contributed by atoms with van der Waals surface area (Å²) >= 11 is 5.85. The molecule has 3 N–H and O–H groups in total. The number of hydrogen-bond acceptors (Lipinski definition) is 3. The van der Waals surface area contributed by atoms with Crippen molar-refractivity contribution in [2.45, 2.75) is 12.1 Å². The zero-order valence-corrected chi connectivity index (χ0v) is 7.45. The average Bonchev–Trinajstić information content (AvgIpc) is 2.33. The molecule has 0 bridgehead atoms. The van der Waals surface area contributed by atoms with E-state index in [1.165, 1.54) is 0 Å². The Hall–Kier alpha value is -0.900. The first-order valence-electron chi connectivity index (χ1n) is 3.89. The van der Waals surface area contributed by atoms with E-state index < -0.39 is 12.1 Å². The van der Waals surface area contributed by atoms with Crippen molar-refractivity contribution in [1.82, 2.24) is 0 Å².